The Hall–Kier alpha value is -0.910. The largest absolute Gasteiger partial charge is 0.317 e. The van der Waals surface area contributed by atoms with Crippen LogP contribution >= 0.6 is 0 Å². The lowest BCUT2D eigenvalue weighted by molar-refractivity contribution is 0.428. The van der Waals surface area contributed by atoms with Crippen molar-refractivity contribution in [1.29, 1.82) is 0 Å². The van der Waals surface area contributed by atoms with Crippen molar-refractivity contribution in [3.63, 3.8) is 0 Å². The summed E-state index contributed by atoms with van der Waals surface area (Å²) in [6.45, 7) is 4.06. The predicted molar refractivity (Wildman–Crippen MR) is 77.5 cm³/mol. The molecular weight excluding hydrogens is 260 g/mol. The third-order valence-corrected chi connectivity index (χ3v) is 5.94. The lowest BCUT2D eigenvalue weighted by atomic mass is 10.1. The van der Waals surface area contributed by atoms with E-state index in [4.69, 9.17) is 0 Å². The van der Waals surface area contributed by atoms with Crippen LogP contribution in [0.1, 0.15) is 24.0 Å². The maximum absolute atomic E-state index is 12.5. The fraction of sp³-hybridized carbons (Fsp3) is 0.571. The van der Waals surface area contributed by atoms with Crippen molar-refractivity contribution in [2.75, 3.05) is 20.1 Å². The molecule has 19 heavy (non-hydrogen) atoms. The molecule has 1 heterocycles. The van der Waals surface area contributed by atoms with Crippen LogP contribution in [0.2, 0.25) is 0 Å². The Morgan fingerprint density at radius 2 is 2.00 bits per heavy atom. The molecule has 0 unspecified atom stereocenters. The van der Waals surface area contributed by atoms with Crippen molar-refractivity contribution in [3.05, 3.63) is 35.4 Å². The number of benzene rings is 1. The van der Waals surface area contributed by atoms with Gasteiger partial charge in [-0.15, -0.1) is 0 Å². The molecular formula is C14H22N2O2S. The van der Waals surface area contributed by atoms with Gasteiger partial charge in [0.05, 0.1) is 5.25 Å². The van der Waals surface area contributed by atoms with Crippen LogP contribution in [0.25, 0.3) is 0 Å². The normalized spacial score (nSPS) is 17.8. The summed E-state index contributed by atoms with van der Waals surface area (Å²) < 4.78 is 26.4. The molecule has 1 aliphatic heterocycles. The van der Waals surface area contributed by atoms with Crippen molar-refractivity contribution in [2.24, 2.45) is 0 Å². The Bertz CT molecular complexity index is 522. The zero-order chi connectivity index (χ0) is 13.9. The van der Waals surface area contributed by atoms with E-state index in [0.717, 1.165) is 24.2 Å². The van der Waals surface area contributed by atoms with E-state index in [-0.39, 0.29) is 5.25 Å². The molecule has 1 aliphatic rings. The van der Waals surface area contributed by atoms with Gasteiger partial charge in [-0.25, -0.2) is 12.7 Å². The second kappa shape index (κ2) is 6.03. The van der Waals surface area contributed by atoms with E-state index in [1.165, 1.54) is 4.31 Å². The first-order valence-electron chi connectivity index (χ1n) is 6.71. The molecule has 0 spiro atoms. The van der Waals surface area contributed by atoms with Gasteiger partial charge in [0.1, 0.15) is 0 Å². The van der Waals surface area contributed by atoms with E-state index in [9.17, 15) is 8.42 Å². The SMILES string of the molecule is Cc1cccc(CN(C)S(=O)(=O)C2CCNCC2)c1. The molecule has 0 radical (unpaired) electrons. The topological polar surface area (TPSA) is 49.4 Å². The van der Waals surface area contributed by atoms with Crippen molar-refractivity contribution in [2.45, 2.75) is 31.6 Å². The zero-order valence-corrected chi connectivity index (χ0v) is 12.4. The third-order valence-electron chi connectivity index (χ3n) is 3.63. The van der Waals surface area contributed by atoms with Crippen LogP contribution in [-0.4, -0.2) is 38.1 Å². The molecule has 0 saturated carbocycles. The lowest BCUT2D eigenvalue weighted by Gasteiger charge is -2.27. The molecule has 1 N–H and O–H groups in total. The molecule has 4 nitrogen and oxygen atoms in total. The number of hydrogen-bond acceptors (Lipinski definition) is 3. The number of nitrogens with zero attached hydrogens (tertiary/aromatic N) is 1. The number of nitrogens with one attached hydrogen (secondary N) is 1. The highest BCUT2D eigenvalue weighted by atomic mass is 32.2. The van der Waals surface area contributed by atoms with Crippen LogP contribution in [0.4, 0.5) is 0 Å². The highest BCUT2D eigenvalue weighted by Crippen LogP contribution is 2.19. The Kier molecular flexibility index (Phi) is 4.60. The first-order chi connectivity index (χ1) is 9.00. The second-order valence-corrected chi connectivity index (χ2v) is 7.56. The highest BCUT2D eigenvalue weighted by molar-refractivity contribution is 7.89. The summed E-state index contributed by atoms with van der Waals surface area (Å²) in [6, 6.07) is 8.00. The van der Waals surface area contributed by atoms with Crippen LogP contribution in [0, 0.1) is 6.92 Å². The van der Waals surface area contributed by atoms with Gasteiger partial charge in [0, 0.05) is 13.6 Å². The molecule has 1 aromatic rings. The van der Waals surface area contributed by atoms with Gasteiger partial charge >= 0.3 is 0 Å². The average Bonchev–Trinajstić information content (AvgIpc) is 2.39. The first-order valence-corrected chi connectivity index (χ1v) is 8.22. The van der Waals surface area contributed by atoms with Gasteiger partial charge in [0.2, 0.25) is 10.0 Å². The predicted octanol–water partition coefficient (Wildman–Crippen LogP) is 1.51. The highest BCUT2D eigenvalue weighted by Gasteiger charge is 2.30. The minimum Gasteiger partial charge on any atom is -0.317 e. The Morgan fingerprint density at radius 3 is 2.63 bits per heavy atom. The van der Waals surface area contributed by atoms with Crippen LogP contribution in [-0.2, 0) is 16.6 Å². The number of aryl methyl sites for hydroxylation is 1. The average molecular weight is 282 g/mol. The molecule has 5 heteroatoms. The zero-order valence-electron chi connectivity index (χ0n) is 11.6. The summed E-state index contributed by atoms with van der Waals surface area (Å²) in [5.41, 5.74) is 2.20. The quantitative estimate of drug-likeness (QED) is 0.910. The summed E-state index contributed by atoms with van der Waals surface area (Å²) >= 11 is 0. The summed E-state index contributed by atoms with van der Waals surface area (Å²) in [7, 11) is -1.50. The van der Waals surface area contributed by atoms with E-state index >= 15 is 0 Å². The van der Waals surface area contributed by atoms with Crippen molar-refractivity contribution >= 4 is 10.0 Å². The van der Waals surface area contributed by atoms with E-state index in [0.29, 0.717) is 19.4 Å². The van der Waals surface area contributed by atoms with E-state index in [2.05, 4.69) is 5.32 Å². The maximum atomic E-state index is 12.5. The number of hydrogen-bond donors (Lipinski definition) is 1. The van der Waals surface area contributed by atoms with E-state index in [1.54, 1.807) is 7.05 Å². The van der Waals surface area contributed by atoms with Gasteiger partial charge in [-0.2, -0.15) is 0 Å². The molecule has 1 fully saturated rings. The van der Waals surface area contributed by atoms with Gasteiger partial charge in [0.25, 0.3) is 0 Å². The molecule has 0 atom stereocenters. The van der Waals surface area contributed by atoms with Crippen LogP contribution in [0.3, 0.4) is 0 Å². The molecule has 0 aliphatic carbocycles. The van der Waals surface area contributed by atoms with Gasteiger partial charge in [0.15, 0.2) is 0 Å². The van der Waals surface area contributed by atoms with E-state index < -0.39 is 10.0 Å². The monoisotopic (exact) mass is 282 g/mol. The fourth-order valence-electron chi connectivity index (χ4n) is 2.51. The van der Waals surface area contributed by atoms with Gasteiger partial charge in [-0.05, 0) is 38.4 Å². The Labute approximate surface area is 115 Å². The maximum Gasteiger partial charge on any atom is 0.217 e. The Morgan fingerprint density at radius 1 is 1.32 bits per heavy atom. The summed E-state index contributed by atoms with van der Waals surface area (Å²) in [4.78, 5) is 0. The summed E-state index contributed by atoms with van der Waals surface area (Å²) in [6.07, 6.45) is 1.42. The van der Waals surface area contributed by atoms with Crippen LogP contribution in [0.5, 0.6) is 0 Å². The van der Waals surface area contributed by atoms with Crippen molar-refractivity contribution in [1.82, 2.24) is 9.62 Å². The summed E-state index contributed by atoms with van der Waals surface area (Å²) in [5.74, 6) is 0. The molecule has 2 rings (SSSR count). The second-order valence-electron chi connectivity index (χ2n) is 5.24. The number of sulfonamides is 1. The molecule has 0 aromatic heterocycles. The molecule has 1 aromatic carbocycles. The lowest BCUT2D eigenvalue weighted by Crippen LogP contribution is -2.42. The first kappa shape index (κ1) is 14.5. The summed E-state index contributed by atoms with van der Waals surface area (Å²) in [5, 5.41) is 2.97. The molecule has 1 saturated heterocycles. The smallest absolute Gasteiger partial charge is 0.217 e. The number of rotatable bonds is 4. The molecule has 106 valence electrons. The third kappa shape index (κ3) is 3.55. The van der Waals surface area contributed by atoms with Crippen LogP contribution < -0.4 is 5.32 Å². The van der Waals surface area contributed by atoms with Crippen molar-refractivity contribution < 1.29 is 8.42 Å². The standard InChI is InChI=1S/C14H22N2O2S/c1-12-4-3-5-13(10-12)11-16(2)19(17,18)14-6-8-15-9-7-14/h3-5,10,14-15H,6-9,11H2,1-2H3. The molecule has 0 amide bonds. The van der Waals surface area contributed by atoms with Crippen LogP contribution in [0.15, 0.2) is 24.3 Å². The fourth-order valence-corrected chi connectivity index (χ4v) is 4.17. The minimum absolute atomic E-state index is 0.233. The number of piperidine rings is 1. The molecule has 0 bridgehead atoms. The van der Waals surface area contributed by atoms with E-state index in [1.807, 2.05) is 31.2 Å². The van der Waals surface area contributed by atoms with Crippen molar-refractivity contribution in [3.8, 4) is 0 Å². The Balaban J connectivity index is 2.07. The van der Waals surface area contributed by atoms with Gasteiger partial charge in [-0.1, -0.05) is 29.8 Å². The van der Waals surface area contributed by atoms with Gasteiger partial charge in [-0.3, -0.25) is 0 Å². The van der Waals surface area contributed by atoms with Gasteiger partial charge < -0.3 is 5.32 Å². The minimum atomic E-state index is -3.18.